The first kappa shape index (κ1) is 19.1. The van der Waals surface area contributed by atoms with Gasteiger partial charge in [-0.15, -0.1) is 0 Å². The Bertz CT molecular complexity index is 842. The molecule has 0 atom stereocenters. The van der Waals surface area contributed by atoms with Crippen LogP contribution in [0.4, 0.5) is 5.82 Å². The van der Waals surface area contributed by atoms with Gasteiger partial charge >= 0.3 is 0 Å². The van der Waals surface area contributed by atoms with E-state index in [2.05, 4.69) is 32.2 Å². The summed E-state index contributed by atoms with van der Waals surface area (Å²) >= 11 is 0. The Balaban J connectivity index is 1.63. The summed E-state index contributed by atoms with van der Waals surface area (Å²) in [6.45, 7) is 2.09. The van der Waals surface area contributed by atoms with Crippen LogP contribution in [0, 0.1) is 6.92 Å². The van der Waals surface area contributed by atoms with E-state index >= 15 is 0 Å². The molecular formula is C20H27N5O2. The third kappa shape index (κ3) is 4.93. The number of aromatic amines is 1. The topological polar surface area (TPSA) is 91.0 Å². The molecule has 0 aromatic carbocycles. The van der Waals surface area contributed by atoms with E-state index in [0.29, 0.717) is 24.0 Å². The molecule has 1 amide bonds. The molecule has 2 heterocycles. The van der Waals surface area contributed by atoms with Crippen molar-refractivity contribution in [2.24, 2.45) is 0 Å². The van der Waals surface area contributed by atoms with Gasteiger partial charge < -0.3 is 15.2 Å². The zero-order valence-electron chi connectivity index (χ0n) is 16.0. The molecule has 0 bridgehead atoms. The predicted molar refractivity (Wildman–Crippen MR) is 105 cm³/mol. The number of H-pyrrole nitrogens is 1. The minimum absolute atomic E-state index is 0.0106. The monoisotopic (exact) mass is 369 g/mol. The molecule has 2 aromatic heterocycles. The van der Waals surface area contributed by atoms with Crippen molar-refractivity contribution in [3.63, 3.8) is 0 Å². The molecule has 144 valence electrons. The van der Waals surface area contributed by atoms with Crippen LogP contribution < -0.4 is 15.8 Å². The van der Waals surface area contributed by atoms with E-state index in [4.69, 9.17) is 0 Å². The molecule has 2 N–H and O–H groups in total. The number of carbonyl (C=O) groups is 1. The van der Waals surface area contributed by atoms with E-state index in [1.165, 1.54) is 38.3 Å². The van der Waals surface area contributed by atoms with E-state index < -0.39 is 0 Å². The van der Waals surface area contributed by atoms with E-state index in [0.717, 1.165) is 11.4 Å². The molecule has 3 rings (SSSR count). The van der Waals surface area contributed by atoms with Crippen LogP contribution in [0.2, 0.25) is 0 Å². The normalized spacial score (nSPS) is 14.7. The fourth-order valence-corrected chi connectivity index (χ4v) is 3.59. The number of aryl methyl sites for hydroxylation is 1. The van der Waals surface area contributed by atoms with Gasteiger partial charge in [-0.2, -0.15) is 0 Å². The fourth-order valence-electron chi connectivity index (χ4n) is 3.59. The lowest BCUT2D eigenvalue weighted by molar-refractivity contribution is -0.120. The maximum absolute atomic E-state index is 12.3. The van der Waals surface area contributed by atoms with Gasteiger partial charge in [0.1, 0.15) is 11.6 Å². The number of rotatable bonds is 6. The SMILES string of the molecule is Cc1ncc(CC(=O)NCc2cccnc2N(C)C2CCCCC2)c(=O)[nH]1. The molecule has 1 aliphatic carbocycles. The molecular weight excluding hydrogens is 342 g/mol. The Labute approximate surface area is 159 Å². The Morgan fingerprint density at radius 3 is 2.78 bits per heavy atom. The molecule has 0 radical (unpaired) electrons. The summed E-state index contributed by atoms with van der Waals surface area (Å²) in [5, 5.41) is 2.90. The lowest BCUT2D eigenvalue weighted by Crippen LogP contribution is -2.35. The van der Waals surface area contributed by atoms with Crippen molar-refractivity contribution in [3.05, 3.63) is 51.8 Å². The standard InChI is InChI=1S/C20H27N5O2/c1-14-22-13-16(20(27)24-14)11-18(26)23-12-15-7-6-10-21-19(15)25(2)17-8-4-3-5-9-17/h6-7,10,13,17H,3-5,8-9,11-12H2,1-2H3,(H,23,26)(H,22,24,27). The van der Waals surface area contributed by atoms with Gasteiger partial charge in [0.2, 0.25) is 5.91 Å². The molecule has 0 spiro atoms. The van der Waals surface area contributed by atoms with Gasteiger partial charge in [0.25, 0.3) is 5.56 Å². The lowest BCUT2D eigenvalue weighted by Gasteiger charge is -2.33. The van der Waals surface area contributed by atoms with Crippen molar-refractivity contribution in [2.75, 3.05) is 11.9 Å². The van der Waals surface area contributed by atoms with E-state index in [9.17, 15) is 9.59 Å². The number of hydrogen-bond acceptors (Lipinski definition) is 5. The molecule has 0 saturated heterocycles. The number of pyridine rings is 1. The zero-order chi connectivity index (χ0) is 19.2. The second-order valence-corrected chi connectivity index (χ2v) is 7.17. The highest BCUT2D eigenvalue weighted by Crippen LogP contribution is 2.26. The lowest BCUT2D eigenvalue weighted by atomic mass is 9.94. The van der Waals surface area contributed by atoms with Crippen LogP contribution >= 0.6 is 0 Å². The Morgan fingerprint density at radius 1 is 1.26 bits per heavy atom. The van der Waals surface area contributed by atoms with Gasteiger partial charge in [0.05, 0.1) is 6.42 Å². The second kappa shape index (κ2) is 8.79. The van der Waals surface area contributed by atoms with Gasteiger partial charge in [-0.05, 0) is 25.8 Å². The quantitative estimate of drug-likeness (QED) is 0.814. The highest BCUT2D eigenvalue weighted by Gasteiger charge is 2.21. The first-order valence-corrected chi connectivity index (χ1v) is 9.53. The van der Waals surface area contributed by atoms with Crippen LogP contribution in [0.15, 0.2) is 29.3 Å². The highest BCUT2D eigenvalue weighted by molar-refractivity contribution is 5.78. The van der Waals surface area contributed by atoms with Gasteiger partial charge in [0, 0.05) is 43.2 Å². The number of amides is 1. The van der Waals surface area contributed by atoms with Crippen LogP contribution in [-0.2, 0) is 17.8 Å². The van der Waals surface area contributed by atoms with Gasteiger partial charge in [0.15, 0.2) is 0 Å². The fraction of sp³-hybridized carbons (Fsp3) is 0.500. The number of carbonyl (C=O) groups excluding carboxylic acids is 1. The molecule has 1 fully saturated rings. The van der Waals surface area contributed by atoms with Crippen LogP contribution in [0.25, 0.3) is 0 Å². The van der Waals surface area contributed by atoms with E-state index in [1.54, 1.807) is 13.1 Å². The average molecular weight is 369 g/mol. The van der Waals surface area contributed by atoms with Crippen molar-refractivity contribution < 1.29 is 4.79 Å². The second-order valence-electron chi connectivity index (χ2n) is 7.17. The van der Waals surface area contributed by atoms with Crippen LogP contribution in [0.3, 0.4) is 0 Å². The summed E-state index contributed by atoms with van der Waals surface area (Å²) < 4.78 is 0. The van der Waals surface area contributed by atoms with Crippen molar-refractivity contribution in [1.82, 2.24) is 20.3 Å². The van der Waals surface area contributed by atoms with E-state index in [1.807, 2.05) is 12.1 Å². The van der Waals surface area contributed by atoms with Crippen molar-refractivity contribution in [2.45, 2.75) is 58.0 Å². The van der Waals surface area contributed by atoms with Crippen LogP contribution in [0.5, 0.6) is 0 Å². The first-order valence-electron chi connectivity index (χ1n) is 9.53. The Hall–Kier alpha value is -2.70. The first-order chi connectivity index (χ1) is 13.0. The van der Waals surface area contributed by atoms with Crippen molar-refractivity contribution >= 4 is 11.7 Å². The highest BCUT2D eigenvalue weighted by atomic mass is 16.2. The summed E-state index contributed by atoms with van der Waals surface area (Å²) in [4.78, 5) is 37.6. The van der Waals surface area contributed by atoms with Gasteiger partial charge in [-0.3, -0.25) is 9.59 Å². The summed E-state index contributed by atoms with van der Waals surface area (Å²) in [7, 11) is 2.08. The third-order valence-electron chi connectivity index (χ3n) is 5.15. The molecule has 7 nitrogen and oxygen atoms in total. The average Bonchev–Trinajstić information content (AvgIpc) is 2.69. The Morgan fingerprint density at radius 2 is 2.04 bits per heavy atom. The van der Waals surface area contributed by atoms with Gasteiger partial charge in [-0.25, -0.2) is 9.97 Å². The van der Waals surface area contributed by atoms with Crippen LogP contribution in [0.1, 0.15) is 49.1 Å². The van der Waals surface area contributed by atoms with Crippen molar-refractivity contribution in [1.29, 1.82) is 0 Å². The maximum atomic E-state index is 12.3. The number of nitrogens with one attached hydrogen (secondary N) is 2. The summed E-state index contributed by atoms with van der Waals surface area (Å²) in [5.74, 6) is 1.25. The van der Waals surface area contributed by atoms with Crippen molar-refractivity contribution in [3.8, 4) is 0 Å². The minimum Gasteiger partial charge on any atom is -0.356 e. The van der Waals surface area contributed by atoms with Crippen LogP contribution in [-0.4, -0.2) is 33.9 Å². The molecule has 0 unspecified atom stereocenters. The molecule has 1 aliphatic rings. The summed E-state index contributed by atoms with van der Waals surface area (Å²) in [5.41, 5.74) is 1.08. The molecule has 7 heteroatoms. The summed E-state index contributed by atoms with van der Waals surface area (Å²) in [6, 6.07) is 4.37. The zero-order valence-corrected chi connectivity index (χ0v) is 16.0. The number of hydrogen-bond donors (Lipinski definition) is 2. The Kier molecular flexibility index (Phi) is 6.21. The minimum atomic E-state index is -0.267. The molecule has 0 aliphatic heterocycles. The largest absolute Gasteiger partial charge is 0.356 e. The number of aromatic nitrogens is 3. The van der Waals surface area contributed by atoms with Gasteiger partial charge in [-0.1, -0.05) is 25.3 Å². The predicted octanol–water partition coefficient (Wildman–Crippen LogP) is 2.10. The molecule has 2 aromatic rings. The molecule has 27 heavy (non-hydrogen) atoms. The number of nitrogens with zero attached hydrogens (tertiary/aromatic N) is 3. The summed E-state index contributed by atoms with van der Waals surface area (Å²) in [6.07, 6.45) is 9.45. The molecule has 1 saturated carbocycles. The third-order valence-corrected chi connectivity index (χ3v) is 5.15. The van der Waals surface area contributed by atoms with E-state index in [-0.39, 0.29) is 17.9 Å². The number of anilines is 1. The smallest absolute Gasteiger partial charge is 0.254 e. The maximum Gasteiger partial charge on any atom is 0.254 e.